The van der Waals surface area contributed by atoms with Gasteiger partial charge in [0.2, 0.25) is 5.88 Å². The number of nitrogens with two attached hydrogens (primary N) is 1. The average molecular weight is 293 g/mol. The number of aromatic nitrogens is 1. The fourth-order valence-electron chi connectivity index (χ4n) is 1.54. The highest BCUT2D eigenvalue weighted by Crippen LogP contribution is 2.25. The Hall–Kier alpha value is -1.70. The van der Waals surface area contributed by atoms with Crippen LogP contribution in [-0.2, 0) is 0 Å². The number of hydrogen-bond donors (Lipinski definition) is 2. The number of nitrogen functional groups attached to an aromatic ring is 1. The maximum atomic E-state index is 12.5. The van der Waals surface area contributed by atoms with Crippen LogP contribution in [0.15, 0.2) is 12.1 Å². The Labute approximate surface area is 115 Å². The zero-order valence-corrected chi connectivity index (χ0v) is 11.2. The number of pyridine rings is 1. The van der Waals surface area contributed by atoms with Crippen LogP contribution in [0.5, 0.6) is 5.88 Å². The third-order valence-electron chi connectivity index (χ3n) is 2.38. The number of ether oxygens (including phenoxy) is 1. The van der Waals surface area contributed by atoms with Gasteiger partial charge in [-0.2, -0.15) is 18.2 Å². The fourth-order valence-corrected chi connectivity index (χ4v) is 1.54. The molecule has 0 radical (unpaired) electrons. The molecular formula is C12H18F3N3O2. The van der Waals surface area contributed by atoms with Crippen molar-refractivity contribution < 1.29 is 23.0 Å². The van der Waals surface area contributed by atoms with Crippen molar-refractivity contribution >= 4 is 11.5 Å². The van der Waals surface area contributed by atoms with Crippen LogP contribution < -0.4 is 15.4 Å². The quantitative estimate of drug-likeness (QED) is 0.802. The van der Waals surface area contributed by atoms with Crippen LogP contribution in [0, 0.1) is 0 Å². The summed E-state index contributed by atoms with van der Waals surface area (Å²) >= 11 is 0. The van der Waals surface area contributed by atoms with Gasteiger partial charge in [-0.3, -0.25) is 0 Å². The van der Waals surface area contributed by atoms with E-state index in [-0.39, 0.29) is 23.9 Å². The summed E-state index contributed by atoms with van der Waals surface area (Å²) in [7, 11) is 0. The smallest absolute Gasteiger partial charge is 0.405 e. The first-order valence-corrected chi connectivity index (χ1v) is 6.19. The van der Waals surface area contributed by atoms with Gasteiger partial charge in [0, 0.05) is 6.54 Å². The van der Waals surface area contributed by atoms with Gasteiger partial charge in [0.15, 0.2) is 0 Å². The van der Waals surface area contributed by atoms with E-state index in [1.54, 1.807) is 0 Å². The molecule has 0 spiro atoms. The van der Waals surface area contributed by atoms with Gasteiger partial charge in [-0.15, -0.1) is 0 Å². The molecule has 0 saturated heterocycles. The van der Waals surface area contributed by atoms with Gasteiger partial charge < -0.3 is 20.5 Å². The van der Waals surface area contributed by atoms with Gasteiger partial charge in [0.25, 0.3) is 0 Å². The van der Waals surface area contributed by atoms with Crippen molar-refractivity contribution in [2.24, 2.45) is 0 Å². The second-order valence-corrected chi connectivity index (χ2v) is 4.17. The minimum atomic E-state index is -4.39. The molecule has 20 heavy (non-hydrogen) atoms. The molecule has 5 nitrogen and oxygen atoms in total. The van der Waals surface area contributed by atoms with E-state index in [0.29, 0.717) is 6.61 Å². The summed E-state index contributed by atoms with van der Waals surface area (Å²) in [5.41, 5.74) is 5.92. The monoisotopic (exact) mass is 293 g/mol. The Bertz CT molecular complexity index is 427. The summed E-state index contributed by atoms with van der Waals surface area (Å²) < 4.78 is 42.7. The molecule has 0 bridgehead atoms. The second-order valence-electron chi connectivity index (χ2n) is 4.17. The first-order valence-electron chi connectivity index (χ1n) is 6.19. The van der Waals surface area contributed by atoms with Crippen LogP contribution in [-0.4, -0.2) is 42.6 Å². The van der Waals surface area contributed by atoms with E-state index in [1.165, 1.54) is 12.1 Å². The third-order valence-corrected chi connectivity index (χ3v) is 2.38. The van der Waals surface area contributed by atoms with E-state index in [1.807, 2.05) is 6.92 Å². The average Bonchev–Trinajstić information content (AvgIpc) is 2.36. The molecule has 0 aliphatic heterocycles. The van der Waals surface area contributed by atoms with E-state index in [4.69, 9.17) is 15.6 Å². The zero-order chi connectivity index (χ0) is 15.2. The van der Waals surface area contributed by atoms with Gasteiger partial charge in [-0.05, 0) is 18.6 Å². The van der Waals surface area contributed by atoms with Gasteiger partial charge in [0.1, 0.15) is 12.4 Å². The number of anilines is 2. The molecule has 3 N–H and O–H groups in total. The number of aliphatic hydroxyl groups is 1. The van der Waals surface area contributed by atoms with Crippen molar-refractivity contribution in [3.05, 3.63) is 12.1 Å². The molecule has 0 aromatic carbocycles. The largest absolute Gasteiger partial charge is 0.476 e. The molecule has 1 aromatic rings. The van der Waals surface area contributed by atoms with Crippen molar-refractivity contribution in [3.63, 3.8) is 0 Å². The van der Waals surface area contributed by atoms with Crippen molar-refractivity contribution in [1.29, 1.82) is 0 Å². The summed E-state index contributed by atoms with van der Waals surface area (Å²) in [5.74, 6) is 0.172. The first-order chi connectivity index (χ1) is 9.37. The molecule has 1 heterocycles. The Morgan fingerprint density at radius 1 is 1.40 bits per heavy atom. The molecule has 0 amide bonds. The van der Waals surface area contributed by atoms with E-state index in [0.717, 1.165) is 11.3 Å². The van der Waals surface area contributed by atoms with E-state index >= 15 is 0 Å². The number of rotatable bonds is 7. The maximum absolute atomic E-state index is 12.5. The SMILES string of the molecule is CCCOc1nc(N(CCO)CC(F)(F)F)ccc1N. The molecule has 0 saturated carbocycles. The molecule has 8 heteroatoms. The molecule has 114 valence electrons. The van der Waals surface area contributed by atoms with Crippen LogP contribution in [0.1, 0.15) is 13.3 Å². The maximum Gasteiger partial charge on any atom is 0.405 e. The molecule has 1 aromatic heterocycles. The van der Waals surface area contributed by atoms with Crippen LogP contribution in [0.25, 0.3) is 0 Å². The minimum Gasteiger partial charge on any atom is -0.476 e. The lowest BCUT2D eigenvalue weighted by Crippen LogP contribution is -2.36. The zero-order valence-electron chi connectivity index (χ0n) is 11.2. The highest BCUT2D eigenvalue weighted by Gasteiger charge is 2.31. The lowest BCUT2D eigenvalue weighted by Gasteiger charge is -2.24. The summed E-state index contributed by atoms with van der Waals surface area (Å²) in [4.78, 5) is 4.91. The second kappa shape index (κ2) is 7.18. The van der Waals surface area contributed by atoms with Gasteiger partial charge in [0.05, 0.1) is 18.9 Å². The number of hydrogen-bond acceptors (Lipinski definition) is 5. The molecule has 1 rings (SSSR count). The Balaban J connectivity index is 2.95. The lowest BCUT2D eigenvalue weighted by molar-refractivity contribution is -0.120. The van der Waals surface area contributed by atoms with Gasteiger partial charge in [-0.25, -0.2) is 0 Å². The highest BCUT2D eigenvalue weighted by molar-refractivity contribution is 5.54. The standard InChI is InChI=1S/C12H18F3N3O2/c1-2-7-20-11-9(16)3-4-10(17-11)18(5-6-19)8-12(13,14)15/h3-4,19H,2,5-8,16H2,1H3. The Kier molecular flexibility index (Phi) is 5.87. The topological polar surface area (TPSA) is 71.6 Å². The predicted molar refractivity (Wildman–Crippen MR) is 69.8 cm³/mol. The van der Waals surface area contributed by atoms with E-state index in [2.05, 4.69) is 4.98 Å². The molecule has 0 aliphatic rings. The van der Waals surface area contributed by atoms with E-state index in [9.17, 15) is 13.2 Å². The van der Waals surface area contributed by atoms with Crippen LogP contribution in [0.2, 0.25) is 0 Å². The summed E-state index contributed by atoms with van der Waals surface area (Å²) in [6.07, 6.45) is -3.66. The molecule has 0 unspecified atom stereocenters. The molecular weight excluding hydrogens is 275 g/mol. The van der Waals surface area contributed by atoms with E-state index < -0.39 is 19.3 Å². The predicted octanol–water partition coefficient (Wildman–Crippen LogP) is 1.81. The summed E-state index contributed by atoms with van der Waals surface area (Å²) in [6, 6.07) is 2.81. The third kappa shape index (κ3) is 5.12. The molecule has 0 fully saturated rings. The highest BCUT2D eigenvalue weighted by atomic mass is 19.4. The number of halogens is 3. The van der Waals surface area contributed by atoms with Crippen molar-refractivity contribution in [2.75, 3.05) is 36.9 Å². The Morgan fingerprint density at radius 3 is 2.65 bits per heavy atom. The fraction of sp³-hybridized carbons (Fsp3) is 0.583. The molecule has 0 aliphatic carbocycles. The lowest BCUT2D eigenvalue weighted by atomic mass is 10.3. The summed E-state index contributed by atoms with van der Waals surface area (Å²) in [5, 5.41) is 8.87. The van der Waals surface area contributed by atoms with Crippen LogP contribution >= 0.6 is 0 Å². The van der Waals surface area contributed by atoms with Gasteiger partial charge in [-0.1, -0.05) is 6.92 Å². The van der Waals surface area contributed by atoms with Gasteiger partial charge >= 0.3 is 6.18 Å². The minimum absolute atomic E-state index is 0.0664. The van der Waals surface area contributed by atoms with Crippen LogP contribution in [0.4, 0.5) is 24.7 Å². The first kappa shape index (κ1) is 16.4. The van der Waals surface area contributed by atoms with Crippen molar-refractivity contribution in [1.82, 2.24) is 4.98 Å². The Morgan fingerprint density at radius 2 is 2.10 bits per heavy atom. The summed E-state index contributed by atoms with van der Waals surface area (Å²) in [6.45, 7) is 0.482. The number of alkyl halides is 3. The normalized spacial score (nSPS) is 11.4. The van der Waals surface area contributed by atoms with Crippen molar-refractivity contribution in [2.45, 2.75) is 19.5 Å². The van der Waals surface area contributed by atoms with Crippen molar-refractivity contribution in [3.8, 4) is 5.88 Å². The molecule has 0 atom stereocenters. The number of nitrogens with zero attached hydrogens (tertiary/aromatic N) is 2. The van der Waals surface area contributed by atoms with Crippen LogP contribution in [0.3, 0.4) is 0 Å². The number of aliphatic hydroxyl groups excluding tert-OH is 1.